The zero-order chi connectivity index (χ0) is 19.8. The van der Waals surface area contributed by atoms with Crippen LogP contribution in [0.15, 0.2) is 54.7 Å². The summed E-state index contributed by atoms with van der Waals surface area (Å²) in [4.78, 5) is 37.0. The molecule has 0 fully saturated rings. The van der Waals surface area contributed by atoms with Crippen LogP contribution in [0.3, 0.4) is 0 Å². The van der Waals surface area contributed by atoms with E-state index < -0.39 is 24.0 Å². The molecule has 1 aromatic heterocycles. The summed E-state index contributed by atoms with van der Waals surface area (Å²) in [5.74, 6) is -1.14. The summed E-state index contributed by atoms with van der Waals surface area (Å²) in [6.07, 6.45) is 6.26. The number of esters is 1. The Balaban J connectivity index is 1.73. The highest BCUT2D eigenvalue weighted by Gasteiger charge is 2.25. The van der Waals surface area contributed by atoms with E-state index >= 15 is 0 Å². The number of aromatic amines is 1. The number of ether oxygens (including phenoxy) is 1. The van der Waals surface area contributed by atoms with Crippen LogP contribution in [0.5, 0.6) is 0 Å². The van der Waals surface area contributed by atoms with Crippen molar-refractivity contribution in [3.8, 4) is 0 Å². The summed E-state index contributed by atoms with van der Waals surface area (Å²) in [7, 11) is 0. The highest BCUT2D eigenvalue weighted by molar-refractivity contribution is 5.95. The fourth-order valence-corrected chi connectivity index (χ4v) is 2.84. The van der Waals surface area contributed by atoms with Gasteiger partial charge in [-0.25, -0.2) is 4.79 Å². The third-order valence-corrected chi connectivity index (χ3v) is 4.33. The van der Waals surface area contributed by atoms with Crippen LogP contribution < -0.4 is 10.6 Å². The maximum absolute atomic E-state index is 12.6. The van der Waals surface area contributed by atoms with Crippen LogP contribution in [0.1, 0.15) is 41.4 Å². The molecule has 2 heterocycles. The highest BCUT2D eigenvalue weighted by atomic mass is 16.5. The number of H-pyrrole nitrogens is 1. The minimum absolute atomic E-state index is 0.0208. The molecule has 0 unspecified atom stereocenters. The fourth-order valence-electron chi connectivity index (χ4n) is 2.84. The number of hydrogen-bond donors (Lipinski definition) is 3. The van der Waals surface area contributed by atoms with Gasteiger partial charge in [-0.05, 0) is 24.5 Å². The van der Waals surface area contributed by atoms with Crippen LogP contribution in [0.25, 0.3) is 0 Å². The molecule has 0 spiro atoms. The van der Waals surface area contributed by atoms with E-state index in [1.165, 1.54) is 12.3 Å². The molecule has 2 atom stereocenters. The summed E-state index contributed by atoms with van der Waals surface area (Å²) in [6, 6.07) is 9.54. The van der Waals surface area contributed by atoms with E-state index in [0.717, 1.165) is 5.56 Å². The number of carbonyl (C=O) groups excluding carboxylic acids is 3. The highest BCUT2D eigenvalue weighted by Crippen LogP contribution is 2.15. The number of carbonyl (C=O) groups is 3. The molecule has 1 aromatic carbocycles. The smallest absolute Gasteiger partial charge is 0.329 e. The van der Waals surface area contributed by atoms with Gasteiger partial charge in [-0.15, -0.1) is 0 Å². The van der Waals surface area contributed by atoms with E-state index in [4.69, 9.17) is 4.74 Å². The minimum atomic E-state index is -0.841. The molecule has 1 aliphatic rings. The van der Waals surface area contributed by atoms with Gasteiger partial charge in [0.05, 0.1) is 6.04 Å². The largest absolute Gasteiger partial charge is 0.462 e. The second kappa shape index (κ2) is 9.50. The third kappa shape index (κ3) is 5.29. The van der Waals surface area contributed by atoms with Crippen LogP contribution in [0.2, 0.25) is 0 Å². The van der Waals surface area contributed by atoms with Crippen molar-refractivity contribution in [3.05, 3.63) is 66.0 Å². The summed E-state index contributed by atoms with van der Waals surface area (Å²) < 4.78 is 5.43. The monoisotopic (exact) mass is 382 g/mol. The van der Waals surface area contributed by atoms with E-state index in [1.807, 2.05) is 36.4 Å². The molecule has 28 heavy (non-hydrogen) atoms. The van der Waals surface area contributed by atoms with E-state index in [2.05, 4.69) is 20.8 Å². The number of nitrogens with zero attached hydrogens (tertiary/aromatic N) is 1. The molecular weight excluding hydrogens is 360 g/mol. The molecule has 0 saturated heterocycles. The standard InChI is InChI=1S/C20H22N4O4/c25-18-10-6-2-5-9-16(23-19(26)15-11-12-21-24-15)20(27)28-13-17(22-18)14-7-3-1-4-8-14/h1-5,7-8,11-12,16-17H,6,9-10,13H2,(H,21,24)(H,22,25)(H,23,26)/t16-,17+/m1/s1. The van der Waals surface area contributed by atoms with Gasteiger partial charge >= 0.3 is 5.97 Å². The number of aromatic nitrogens is 2. The van der Waals surface area contributed by atoms with Crippen LogP contribution in [-0.2, 0) is 14.3 Å². The quantitative estimate of drug-likeness (QED) is 0.552. The van der Waals surface area contributed by atoms with Crippen molar-refractivity contribution in [2.75, 3.05) is 6.61 Å². The van der Waals surface area contributed by atoms with Crippen LogP contribution >= 0.6 is 0 Å². The summed E-state index contributed by atoms with van der Waals surface area (Å²) in [6.45, 7) is -0.0208. The van der Waals surface area contributed by atoms with Gasteiger partial charge in [0.15, 0.2) is 0 Å². The zero-order valence-corrected chi connectivity index (χ0v) is 15.3. The number of benzene rings is 1. The molecule has 146 valence electrons. The molecule has 0 saturated carbocycles. The van der Waals surface area contributed by atoms with Gasteiger partial charge in [0.25, 0.3) is 5.91 Å². The predicted molar refractivity (Wildman–Crippen MR) is 101 cm³/mol. The fraction of sp³-hybridized carbons (Fsp3) is 0.300. The van der Waals surface area contributed by atoms with Crippen molar-refractivity contribution >= 4 is 17.8 Å². The first kappa shape index (κ1) is 19.3. The average molecular weight is 382 g/mol. The van der Waals surface area contributed by atoms with Gasteiger partial charge in [-0.1, -0.05) is 42.5 Å². The van der Waals surface area contributed by atoms with Crippen LogP contribution in [-0.4, -0.2) is 40.6 Å². The molecule has 8 nitrogen and oxygen atoms in total. The normalized spacial score (nSPS) is 21.0. The van der Waals surface area contributed by atoms with E-state index in [9.17, 15) is 14.4 Å². The molecule has 0 bridgehead atoms. The molecule has 1 aliphatic heterocycles. The predicted octanol–water partition coefficient (Wildman–Crippen LogP) is 1.65. The first-order chi connectivity index (χ1) is 13.6. The Bertz CT molecular complexity index is 833. The van der Waals surface area contributed by atoms with Crippen molar-refractivity contribution in [3.63, 3.8) is 0 Å². The lowest BCUT2D eigenvalue weighted by molar-refractivity contribution is -0.147. The molecule has 0 aliphatic carbocycles. The number of nitrogens with one attached hydrogen (secondary N) is 3. The summed E-state index contributed by atoms with van der Waals surface area (Å²) in [5, 5.41) is 11.9. The summed E-state index contributed by atoms with van der Waals surface area (Å²) in [5.41, 5.74) is 1.03. The molecule has 2 aromatic rings. The SMILES string of the molecule is O=C1CCC=CC[C@@H](NC(=O)c2cc[nH]n2)C(=O)OC[C@@H](c2ccccc2)N1. The van der Waals surface area contributed by atoms with E-state index in [-0.39, 0.29) is 24.6 Å². The van der Waals surface area contributed by atoms with Gasteiger partial charge in [0, 0.05) is 12.6 Å². The third-order valence-electron chi connectivity index (χ3n) is 4.33. The Hall–Kier alpha value is -3.42. The van der Waals surface area contributed by atoms with Crippen molar-refractivity contribution in [2.24, 2.45) is 0 Å². The molecule has 8 heteroatoms. The average Bonchev–Trinajstić information content (AvgIpc) is 3.24. The number of rotatable bonds is 3. The Morgan fingerprint density at radius 1 is 1.14 bits per heavy atom. The van der Waals surface area contributed by atoms with Gasteiger partial charge in [0.1, 0.15) is 18.3 Å². The topological polar surface area (TPSA) is 113 Å². The first-order valence-electron chi connectivity index (χ1n) is 9.10. The lowest BCUT2D eigenvalue weighted by Crippen LogP contribution is -2.43. The van der Waals surface area contributed by atoms with Crippen LogP contribution in [0.4, 0.5) is 0 Å². The maximum Gasteiger partial charge on any atom is 0.329 e. The van der Waals surface area contributed by atoms with Gasteiger partial charge in [-0.3, -0.25) is 14.7 Å². The van der Waals surface area contributed by atoms with E-state index in [1.54, 1.807) is 6.08 Å². The Morgan fingerprint density at radius 2 is 1.96 bits per heavy atom. The van der Waals surface area contributed by atoms with Gasteiger partial charge in [-0.2, -0.15) is 5.10 Å². The Kier molecular flexibility index (Phi) is 6.56. The number of amides is 2. The molecule has 2 amide bonds. The summed E-state index contributed by atoms with van der Waals surface area (Å²) >= 11 is 0. The van der Waals surface area contributed by atoms with Crippen molar-refractivity contribution < 1.29 is 19.1 Å². The van der Waals surface area contributed by atoms with Gasteiger partial charge in [0.2, 0.25) is 5.91 Å². The van der Waals surface area contributed by atoms with Gasteiger partial charge < -0.3 is 15.4 Å². The van der Waals surface area contributed by atoms with E-state index in [0.29, 0.717) is 12.8 Å². The van der Waals surface area contributed by atoms with Crippen molar-refractivity contribution in [1.29, 1.82) is 0 Å². The lowest BCUT2D eigenvalue weighted by atomic mass is 10.1. The Labute approximate surface area is 162 Å². The molecule has 0 radical (unpaired) electrons. The zero-order valence-electron chi connectivity index (χ0n) is 15.3. The lowest BCUT2D eigenvalue weighted by Gasteiger charge is -2.22. The van der Waals surface area contributed by atoms with Crippen molar-refractivity contribution in [1.82, 2.24) is 20.8 Å². The second-order valence-electron chi connectivity index (χ2n) is 6.39. The second-order valence-corrected chi connectivity index (χ2v) is 6.39. The minimum Gasteiger partial charge on any atom is -0.462 e. The molecule has 3 N–H and O–H groups in total. The van der Waals surface area contributed by atoms with Crippen molar-refractivity contribution in [2.45, 2.75) is 31.3 Å². The van der Waals surface area contributed by atoms with Crippen LogP contribution in [0, 0.1) is 0 Å². The Morgan fingerprint density at radius 3 is 2.71 bits per heavy atom. The first-order valence-corrected chi connectivity index (χ1v) is 9.10. The molecule has 3 rings (SSSR count). The number of hydrogen-bond acceptors (Lipinski definition) is 5. The molecular formula is C20H22N4O4. The maximum atomic E-state index is 12.6. The number of allylic oxidation sites excluding steroid dienone is 1. The number of cyclic esters (lactones) is 1.